The van der Waals surface area contributed by atoms with Gasteiger partial charge in [0.25, 0.3) is 5.56 Å². The quantitative estimate of drug-likeness (QED) is 0.738. The maximum Gasteiger partial charge on any atom is 0.253 e. The lowest BCUT2D eigenvalue weighted by atomic mass is 10.1. The smallest absolute Gasteiger partial charge is 0.253 e. The van der Waals surface area contributed by atoms with Gasteiger partial charge in [0, 0.05) is 5.56 Å². The van der Waals surface area contributed by atoms with Crippen LogP contribution in [0.3, 0.4) is 0 Å². The summed E-state index contributed by atoms with van der Waals surface area (Å²) in [4.78, 5) is 17.8. The van der Waals surface area contributed by atoms with Crippen LogP contribution in [0.5, 0.6) is 0 Å². The molecule has 0 aliphatic rings. The second-order valence-corrected chi connectivity index (χ2v) is 2.91. The molecule has 0 aliphatic carbocycles. The third-order valence-corrected chi connectivity index (χ3v) is 1.96. The summed E-state index contributed by atoms with van der Waals surface area (Å²) >= 11 is 0. The molecule has 1 N–H and O–H groups in total. The zero-order chi connectivity index (χ0) is 8.97. The van der Waals surface area contributed by atoms with Gasteiger partial charge in [-0.3, -0.25) is 4.79 Å². The molecule has 3 nitrogen and oxygen atoms in total. The van der Waals surface area contributed by atoms with Gasteiger partial charge in [-0.25, -0.2) is 4.98 Å². The molecule has 0 saturated carbocycles. The second kappa shape index (κ2) is 4.04. The molecule has 1 rings (SSSR count). The maximum atomic E-state index is 11.1. The molecular formula is C9H14N2O. The highest BCUT2D eigenvalue weighted by Gasteiger charge is 2.01. The summed E-state index contributed by atoms with van der Waals surface area (Å²) in [5, 5.41) is 0. The standard InChI is InChI=1S/C9H14N2O/c1-3-4-5-8-7(2)9(12)11-6-10-8/h6H,3-5H2,1-2H3,(H,10,11,12). The van der Waals surface area contributed by atoms with E-state index in [4.69, 9.17) is 0 Å². The lowest BCUT2D eigenvalue weighted by Crippen LogP contribution is -2.13. The Bertz CT molecular complexity index is 304. The summed E-state index contributed by atoms with van der Waals surface area (Å²) in [5.74, 6) is 0. The molecule has 0 fully saturated rings. The normalized spacial score (nSPS) is 10.2. The molecule has 0 bridgehead atoms. The minimum absolute atomic E-state index is 0.0175. The molecule has 12 heavy (non-hydrogen) atoms. The molecular weight excluding hydrogens is 152 g/mol. The van der Waals surface area contributed by atoms with Gasteiger partial charge in [-0.2, -0.15) is 0 Å². The molecule has 66 valence electrons. The fourth-order valence-corrected chi connectivity index (χ4v) is 1.10. The van der Waals surface area contributed by atoms with E-state index in [1.54, 1.807) is 0 Å². The van der Waals surface area contributed by atoms with Gasteiger partial charge >= 0.3 is 0 Å². The molecule has 0 aromatic carbocycles. The number of aromatic amines is 1. The maximum absolute atomic E-state index is 11.1. The van der Waals surface area contributed by atoms with Crippen LogP contribution in [-0.4, -0.2) is 9.97 Å². The highest BCUT2D eigenvalue weighted by atomic mass is 16.1. The molecule has 3 heteroatoms. The van der Waals surface area contributed by atoms with Gasteiger partial charge in [0.1, 0.15) is 0 Å². The largest absolute Gasteiger partial charge is 0.313 e. The van der Waals surface area contributed by atoms with Gasteiger partial charge in [-0.15, -0.1) is 0 Å². The lowest BCUT2D eigenvalue weighted by molar-refractivity contribution is 0.764. The van der Waals surface area contributed by atoms with Gasteiger partial charge < -0.3 is 4.98 Å². The van der Waals surface area contributed by atoms with E-state index in [9.17, 15) is 4.79 Å². The number of aryl methyl sites for hydroxylation is 1. The number of nitrogens with one attached hydrogen (secondary N) is 1. The van der Waals surface area contributed by atoms with E-state index in [-0.39, 0.29) is 5.56 Å². The number of hydrogen-bond acceptors (Lipinski definition) is 2. The average Bonchev–Trinajstić information content (AvgIpc) is 2.08. The topological polar surface area (TPSA) is 45.8 Å². The Labute approximate surface area is 71.9 Å². The first kappa shape index (κ1) is 8.97. The van der Waals surface area contributed by atoms with Gasteiger partial charge in [-0.1, -0.05) is 13.3 Å². The van der Waals surface area contributed by atoms with E-state index in [1.165, 1.54) is 6.33 Å². The zero-order valence-corrected chi connectivity index (χ0v) is 7.55. The minimum atomic E-state index is -0.0175. The van der Waals surface area contributed by atoms with Gasteiger partial charge in [0.2, 0.25) is 0 Å². The predicted molar refractivity (Wildman–Crippen MR) is 48.2 cm³/mol. The molecule has 1 aromatic heterocycles. The van der Waals surface area contributed by atoms with Crippen molar-refractivity contribution in [2.24, 2.45) is 0 Å². The van der Waals surface area contributed by atoms with Crippen molar-refractivity contribution in [3.8, 4) is 0 Å². The summed E-state index contributed by atoms with van der Waals surface area (Å²) in [6.45, 7) is 3.94. The number of H-pyrrole nitrogens is 1. The van der Waals surface area contributed by atoms with Gasteiger partial charge in [-0.05, 0) is 19.8 Å². The third-order valence-electron chi connectivity index (χ3n) is 1.96. The Kier molecular flexibility index (Phi) is 3.02. The molecule has 1 heterocycles. The SMILES string of the molecule is CCCCc1nc[nH]c(=O)c1C. The van der Waals surface area contributed by atoms with Crippen molar-refractivity contribution in [2.75, 3.05) is 0 Å². The van der Waals surface area contributed by atoms with Crippen LogP contribution in [0.2, 0.25) is 0 Å². The highest BCUT2D eigenvalue weighted by molar-refractivity contribution is 5.13. The van der Waals surface area contributed by atoms with Gasteiger partial charge in [0.05, 0.1) is 12.0 Å². The van der Waals surface area contributed by atoms with Crippen molar-refractivity contribution in [1.82, 2.24) is 9.97 Å². The minimum Gasteiger partial charge on any atom is -0.313 e. The molecule has 0 amide bonds. The number of nitrogens with zero attached hydrogens (tertiary/aromatic N) is 1. The first-order valence-corrected chi connectivity index (χ1v) is 4.29. The highest BCUT2D eigenvalue weighted by Crippen LogP contribution is 2.02. The Morgan fingerprint density at radius 2 is 2.33 bits per heavy atom. The molecule has 0 atom stereocenters. The van der Waals surface area contributed by atoms with E-state index < -0.39 is 0 Å². The van der Waals surface area contributed by atoms with E-state index >= 15 is 0 Å². The third kappa shape index (κ3) is 1.94. The molecule has 0 saturated heterocycles. The fourth-order valence-electron chi connectivity index (χ4n) is 1.10. The van der Waals surface area contributed by atoms with Crippen LogP contribution in [0.25, 0.3) is 0 Å². The fraction of sp³-hybridized carbons (Fsp3) is 0.556. The first-order valence-electron chi connectivity index (χ1n) is 4.29. The summed E-state index contributed by atoms with van der Waals surface area (Å²) < 4.78 is 0. The summed E-state index contributed by atoms with van der Waals surface area (Å²) in [5.41, 5.74) is 1.67. The Morgan fingerprint density at radius 3 is 3.00 bits per heavy atom. The number of aromatic nitrogens is 2. The van der Waals surface area contributed by atoms with Crippen LogP contribution in [0, 0.1) is 6.92 Å². The molecule has 0 spiro atoms. The average molecular weight is 166 g/mol. The van der Waals surface area contributed by atoms with Crippen LogP contribution in [0.15, 0.2) is 11.1 Å². The summed E-state index contributed by atoms with van der Waals surface area (Å²) in [7, 11) is 0. The van der Waals surface area contributed by atoms with Crippen LogP contribution < -0.4 is 5.56 Å². The van der Waals surface area contributed by atoms with Gasteiger partial charge in [0.15, 0.2) is 0 Å². The Balaban J connectivity index is 2.85. The Hall–Kier alpha value is -1.12. The molecule has 0 aliphatic heterocycles. The summed E-state index contributed by atoms with van der Waals surface area (Å²) in [6.07, 6.45) is 4.61. The van der Waals surface area contributed by atoms with Crippen molar-refractivity contribution in [2.45, 2.75) is 33.1 Å². The van der Waals surface area contributed by atoms with E-state index in [2.05, 4.69) is 16.9 Å². The number of rotatable bonds is 3. The molecule has 0 unspecified atom stereocenters. The second-order valence-electron chi connectivity index (χ2n) is 2.91. The summed E-state index contributed by atoms with van der Waals surface area (Å²) in [6, 6.07) is 0. The van der Waals surface area contributed by atoms with Crippen LogP contribution >= 0.6 is 0 Å². The van der Waals surface area contributed by atoms with Crippen molar-refractivity contribution < 1.29 is 0 Å². The molecule has 1 aromatic rings. The number of unbranched alkanes of at least 4 members (excludes halogenated alkanes) is 1. The lowest BCUT2D eigenvalue weighted by Gasteiger charge is -2.00. The van der Waals surface area contributed by atoms with E-state index in [1.807, 2.05) is 6.92 Å². The first-order chi connectivity index (χ1) is 5.75. The van der Waals surface area contributed by atoms with Crippen LogP contribution in [0.4, 0.5) is 0 Å². The van der Waals surface area contributed by atoms with E-state index in [0.717, 1.165) is 30.5 Å². The van der Waals surface area contributed by atoms with E-state index in [0.29, 0.717) is 0 Å². The Morgan fingerprint density at radius 1 is 1.58 bits per heavy atom. The van der Waals surface area contributed by atoms with Crippen molar-refractivity contribution in [3.05, 3.63) is 27.9 Å². The van der Waals surface area contributed by atoms with Crippen molar-refractivity contribution >= 4 is 0 Å². The number of hydrogen-bond donors (Lipinski definition) is 1. The predicted octanol–water partition coefficient (Wildman–Crippen LogP) is 1.42. The van der Waals surface area contributed by atoms with Crippen molar-refractivity contribution in [1.29, 1.82) is 0 Å². The monoisotopic (exact) mass is 166 g/mol. The zero-order valence-electron chi connectivity index (χ0n) is 7.55. The van der Waals surface area contributed by atoms with Crippen LogP contribution in [-0.2, 0) is 6.42 Å². The molecule has 0 radical (unpaired) electrons. The van der Waals surface area contributed by atoms with Crippen molar-refractivity contribution in [3.63, 3.8) is 0 Å². The van der Waals surface area contributed by atoms with Crippen LogP contribution in [0.1, 0.15) is 31.0 Å².